The first-order valence-electron chi connectivity index (χ1n) is 7.82. The molecule has 0 radical (unpaired) electrons. The Morgan fingerprint density at radius 1 is 1.27 bits per heavy atom. The van der Waals surface area contributed by atoms with Gasteiger partial charge in [0.2, 0.25) is 0 Å². The SMILES string of the molecule is CC(C)(C)OC(=O)NCC1CCCCC1NCC(F)(F)CO. The van der Waals surface area contributed by atoms with E-state index in [0.717, 1.165) is 25.7 Å². The number of rotatable bonds is 6. The molecule has 2 unspecified atom stereocenters. The molecule has 3 N–H and O–H groups in total. The van der Waals surface area contributed by atoms with Gasteiger partial charge < -0.3 is 20.5 Å². The Hall–Kier alpha value is -0.950. The molecule has 1 fully saturated rings. The molecule has 5 nitrogen and oxygen atoms in total. The van der Waals surface area contributed by atoms with Crippen LogP contribution >= 0.6 is 0 Å². The molecule has 1 saturated carbocycles. The number of hydrogen-bond acceptors (Lipinski definition) is 4. The summed E-state index contributed by atoms with van der Waals surface area (Å²) >= 11 is 0. The monoisotopic (exact) mass is 322 g/mol. The van der Waals surface area contributed by atoms with Gasteiger partial charge in [-0.3, -0.25) is 0 Å². The number of alkyl carbamates (subject to hydrolysis) is 1. The van der Waals surface area contributed by atoms with Crippen molar-refractivity contribution < 1.29 is 23.4 Å². The van der Waals surface area contributed by atoms with E-state index in [1.807, 2.05) is 0 Å². The van der Waals surface area contributed by atoms with Crippen LogP contribution in [0.15, 0.2) is 0 Å². The highest BCUT2D eigenvalue weighted by molar-refractivity contribution is 5.67. The molecule has 1 aliphatic carbocycles. The smallest absolute Gasteiger partial charge is 0.407 e. The fraction of sp³-hybridized carbons (Fsp3) is 0.933. The Morgan fingerprint density at radius 3 is 2.50 bits per heavy atom. The molecule has 0 aliphatic heterocycles. The van der Waals surface area contributed by atoms with Crippen molar-refractivity contribution in [3.8, 4) is 0 Å². The maximum atomic E-state index is 13.1. The maximum Gasteiger partial charge on any atom is 0.407 e. The van der Waals surface area contributed by atoms with Crippen LogP contribution in [0.1, 0.15) is 46.5 Å². The quantitative estimate of drug-likeness (QED) is 0.702. The van der Waals surface area contributed by atoms with Crippen molar-refractivity contribution in [1.29, 1.82) is 0 Å². The molecule has 22 heavy (non-hydrogen) atoms. The Bertz CT molecular complexity index is 359. The van der Waals surface area contributed by atoms with Crippen LogP contribution in [0.2, 0.25) is 0 Å². The molecule has 0 aromatic carbocycles. The molecule has 0 saturated heterocycles. The van der Waals surface area contributed by atoms with E-state index in [4.69, 9.17) is 9.84 Å². The average molecular weight is 322 g/mol. The molecule has 1 amide bonds. The summed E-state index contributed by atoms with van der Waals surface area (Å²) in [6.07, 6.45) is 3.18. The normalized spacial score (nSPS) is 23.2. The first-order valence-corrected chi connectivity index (χ1v) is 7.82. The maximum absolute atomic E-state index is 13.1. The van der Waals surface area contributed by atoms with Crippen molar-refractivity contribution in [2.24, 2.45) is 5.92 Å². The lowest BCUT2D eigenvalue weighted by Gasteiger charge is -2.33. The number of carbonyl (C=O) groups is 1. The van der Waals surface area contributed by atoms with E-state index < -0.39 is 30.8 Å². The summed E-state index contributed by atoms with van der Waals surface area (Å²) in [6.45, 7) is 4.06. The first kappa shape index (κ1) is 19.1. The third-order valence-corrected chi connectivity index (χ3v) is 3.67. The summed E-state index contributed by atoms with van der Waals surface area (Å²) in [5.41, 5.74) is -0.558. The van der Waals surface area contributed by atoms with E-state index in [-0.39, 0.29) is 12.0 Å². The van der Waals surface area contributed by atoms with Gasteiger partial charge >= 0.3 is 6.09 Å². The van der Waals surface area contributed by atoms with Gasteiger partial charge in [-0.15, -0.1) is 0 Å². The zero-order valence-electron chi connectivity index (χ0n) is 13.6. The number of ether oxygens (including phenoxy) is 1. The number of aliphatic hydroxyl groups is 1. The van der Waals surface area contributed by atoms with Gasteiger partial charge in [-0.2, -0.15) is 0 Å². The Labute approximate surface area is 130 Å². The summed E-state index contributed by atoms with van der Waals surface area (Å²) in [7, 11) is 0. The number of halogens is 2. The standard InChI is InChI=1S/C15H28F2N2O3/c1-14(2,3)22-13(21)18-8-11-6-4-5-7-12(11)19-9-15(16,17)10-20/h11-12,19-20H,4-10H2,1-3H3,(H,18,21). The Kier molecular flexibility index (Phi) is 6.99. The lowest BCUT2D eigenvalue weighted by atomic mass is 9.84. The third kappa shape index (κ3) is 7.35. The molecular weight excluding hydrogens is 294 g/mol. The van der Waals surface area contributed by atoms with Crippen LogP contribution in [0.25, 0.3) is 0 Å². The average Bonchev–Trinajstić information content (AvgIpc) is 2.42. The van der Waals surface area contributed by atoms with E-state index in [1.54, 1.807) is 20.8 Å². The Balaban J connectivity index is 2.43. The van der Waals surface area contributed by atoms with Crippen LogP contribution < -0.4 is 10.6 Å². The third-order valence-electron chi connectivity index (χ3n) is 3.67. The fourth-order valence-electron chi connectivity index (χ4n) is 2.59. The molecule has 2 atom stereocenters. The van der Waals surface area contributed by atoms with Crippen LogP contribution in [0.5, 0.6) is 0 Å². The van der Waals surface area contributed by atoms with Gasteiger partial charge in [0.15, 0.2) is 0 Å². The van der Waals surface area contributed by atoms with Crippen molar-refractivity contribution in [2.45, 2.75) is 64.0 Å². The zero-order chi connectivity index (χ0) is 16.8. The predicted octanol–water partition coefficient (Wildman–Crippen LogP) is 2.29. The molecule has 1 rings (SSSR count). The molecular formula is C15H28F2N2O3. The molecule has 1 aliphatic rings. The summed E-state index contributed by atoms with van der Waals surface area (Å²) in [5, 5.41) is 14.2. The second-order valence-electron chi connectivity index (χ2n) is 6.93. The zero-order valence-corrected chi connectivity index (χ0v) is 13.6. The van der Waals surface area contributed by atoms with E-state index in [0.29, 0.717) is 6.54 Å². The molecule has 0 spiro atoms. The molecule has 0 bridgehead atoms. The van der Waals surface area contributed by atoms with Gasteiger partial charge in [0, 0.05) is 12.6 Å². The van der Waals surface area contributed by atoms with Crippen molar-refractivity contribution in [2.75, 3.05) is 19.7 Å². The number of alkyl halides is 2. The van der Waals surface area contributed by atoms with Crippen LogP contribution in [0.3, 0.4) is 0 Å². The number of hydrogen-bond donors (Lipinski definition) is 3. The van der Waals surface area contributed by atoms with Crippen LogP contribution in [0, 0.1) is 5.92 Å². The summed E-state index contributed by atoms with van der Waals surface area (Å²) < 4.78 is 31.4. The molecule has 0 aromatic rings. The molecule has 0 aromatic heterocycles. The minimum Gasteiger partial charge on any atom is -0.444 e. The highest BCUT2D eigenvalue weighted by Crippen LogP contribution is 2.25. The lowest BCUT2D eigenvalue weighted by Crippen LogP contribution is -2.48. The topological polar surface area (TPSA) is 70.6 Å². The van der Waals surface area contributed by atoms with E-state index in [9.17, 15) is 13.6 Å². The van der Waals surface area contributed by atoms with E-state index in [2.05, 4.69) is 10.6 Å². The highest BCUT2D eigenvalue weighted by atomic mass is 19.3. The number of amides is 1. The van der Waals surface area contributed by atoms with Gasteiger partial charge in [0.25, 0.3) is 5.92 Å². The van der Waals surface area contributed by atoms with Crippen molar-refractivity contribution in [3.05, 3.63) is 0 Å². The van der Waals surface area contributed by atoms with Crippen molar-refractivity contribution >= 4 is 6.09 Å². The first-order chi connectivity index (χ1) is 10.1. The molecule has 130 valence electrons. The van der Waals surface area contributed by atoms with Gasteiger partial charge in [-0.1, -0.05) is 12.8 Å². The summed E-state index contributed by atoms with van der Waals surface area (Å²) in [4.78, 5) is 11.7. The fourth-order valence-corrected chi connectivity index (χ4v) is 2.59. The highest BCUT2D eigenvalue weighted by Gasteiger charge is 2.32. The Morgan fingerprint density at radius 2 is 1.91 bits per heavy atom. The van der Waals surface area contributed by atoms with Crippen LogP contribution in [-0.4, -0.2) is 48.5 Å². The summed E-state index contributed by atoms with van der Waals surface area (Å²) in [6, 6.07) is -0.0823. The van der Waals surface area contributed by atoms with Crippen LogP contribution in [-0.2, 0) is 4.74 Å². The lowest BCUT2D eigenvalue weighted by molar-refractivity contribution is -0.0512. The number of carbonyl (C=O) groups excluding carboxylic acids is 1. The largest absolute Gasteiger partial charge is 0.444 e. The van der Waals surface area contributed by atoms with Gasteiger partial charge in [-0.25, -0.2) is 13.6 Å². The van der Waals surface area contributed by atoms with Gasteiger partial charge in [0.05, 0.1) is 6.54 Å². The van der Waals surface area contributed by atoms with E-state index in [1.165, 1.54) is 0 Å². The van der Waals surface area contributed by atoms with Crippen molar-refractivity contribution in [1.82, 2.24) is 10.6 Å². The minimum absolute atomic E-state index is 0.0823. The summed E-state index contributed by atoms with van der Waals surface area (Å²) in [5.74, 6) is -3.02. The molecule has 7 heteroatoms. The second kappa shape index (κ2) is 8.06. The van der Waals surface area contributed by atoms with E-state index >= 15 is 0 Å². The predicted molar refractivity (Wildman–Crippen MR) is 80.0 cm³/mol. The van der Waals surface area contributed by atoms with Crippen molar-refractivity contribution in [3.63, 3.8) is 0 Å². The number of aliphatic hydroxyl groups excluding tert-OH is 1. The molecule has 0 heterocycles. The van der Waals surface area contributed by atoms with Gasteiger partial charge in [-0.05, 0) is 39.5 Å². The second-order valence-corrected chi connectivity index (χ2v) is 6.93. The minimum atomic E-state index is -3.11. The number of nitrogens with one attached hydrogen (secondary N) is 2. The van der Waals surface area contributed by atoms with Gasteiger partial charge in [0.1, 0.15) is 12.2 Å². The van der Waals surface area contributed by atoms with Crippen LogP contribution in [0.4, 0.5) is 13.6 Å².